The standard InChI is InChI=1S/C28H32N2O6S/c1-34-25-14-13-24(19-26(25)35-2)37(32,33)30(23-11-7-4-8-12-23)20-27(31)29-21-28(15-17-36-18-16-28)22-9-5-3-6-10-22/h3-14,19H,15-18,20-21H2,1-2H3,(H,29,31). The van der Waals surface area contributed by atoms with Crippen LogP contribution in [-0.2, 0) is 25.0 Å². The van der Waals surface area contributed by atoms with E-state index in [-0.39, 0.29) is 22.6 Å². The Morgan fingerprint density at radius 1 is 0.919 bits per heavy atom. The van der Waals surface area contributed by atoms with E-state index >= 15 is 0 Å². The second-order valence-electron chi connectivity index (χ2n) is 8.90. The molecule has 0 saturated carbocycles. The van der Waals surface area contributed by atoms with Gasteiger partial charge in [-0.25, -0.2) is 8.42 Å². The minimum atomic E-state index is -4.10. The van der Waals surface area contributed by atoms with Crippen molar-refractivity contribution in [3.05, 3.63) is 84.4 Å². The summed E-state index contributed by atoms with van der Waals surface area (Å²) < 4.78 is 44.8. The number of methoxy groups -OCH3 is 2. The molecule has 1 saturated heterocycles. The van der Waals surface area contributed by atoms with E-state index in [0.717, 1.165) is 22.7 Å². The fourth-order valence-corrected chi connectivity index (χ4v) is 6.03. The minimum absolute atomic E-state index is 0.00742. The van der Waals surface area contributed by atoms with Gasteiger partial charge in [-0.3, -0.25) is 9.10 Å². The van der Waals surface area contributed by atoms with Crippen LogP contribution in [0.15, 0.2) is 83.8 Å². The van der Waals surface area contributed by atoms with E-state index in [0.29, 0.717) is 31.2 Å². The molecule has 1 amide bonds. The number of carbonyl (C=O) groups is 1. The average Bonchev–Trinajstić information content (AvgIpc) is 2.95. The summed E-state index contributed by atoms with van der Waals surface area (Å²) in [5, 5.41) is 3.01. The van der Waals surface area contributed by atoms with Crippen molar-refractivity contribution in [1.82, 2.24) is 5.32 Å². The molecule has 37 heavy (non-hydrogen) atoms. The maximum absolute atomic E-state index is 13.8. The lowest BCUT2D eigenvalue weighted by atomic mass is 9.74. The maximum atomic E-state index is 13.8. The summed E-state index contributed by atoms with van der Waals surface area (Å²) in [5.41, 5.74) is 1.25. The molecule has 196 valence electrons. The summed E-state index contributed by atoms with van der Waals surface area (Å²) >= 11 is 0. The number of carbonyl (C=O) groups excluding carboxylic acids is 1. The Bertz CT molecular complexity index is 1290. The van der Waals surface area contributed by atoms with Crippen molar-refractivity contribution in [2.75, 3.05) is 44.8 Å². The van der Waals surface area contributed by atoms with Gasteiger partial charge in [0.15, 0.2) is 11.5 Å². The number of nitrogens with one attached hydrogen (secondary N) is 1. The Labute approximate surface area is 218 Å². The molecule has 1 heterocycles. The molecule has 0 aromatic heterocycles. The van der Waals surface area contributed by atoms with Crippen LogP contribution >= 0.6 is 0 Å². The number of rotatable bonds is 10. The predicted octanol–water partition coefficient (Wildman–Crippen LogP) is 3.76. The van der Waals surface area contributed by atoms with E-state index in [1.165, 1.54) is 32.4 Å². The van der Waals surface area contributed by atoms with Crippen LogP contribution in [-0.4, -0.2) is 54.8 Å². The highest BCUT2D eigenvalue weighted by molar-refractivity contribution is 7.92. The van der Waals surface area contributed by atoms with E-state index in [4.69, 9.17) is 14.2 Å². The van der Waals surface area contributed by atoms with Gasteiger partial charge in [0.05, 0.1) is 24.8 Å². The molecule has 9 heteroatoms. The van der Waals surface area contributed by atoms with Gasteiger partial charge in [0.1, 0.15) is 6.54 Å². The smallest absolute Gasteiger partial charge is 0.264 e. The molecule has 1 N–H and O–H groups in total. The first kappa shape index (κ1) is 26.5. The average molecular weight is 525 g/mol. The topological polar surface area (TPSA) is 94.2 Å². The third-order valence-electron chi connectivity index (χ3n) is 6.73. The molecule has 3 aromatic carbocycles. The highest BCUT2D eigenvalue weighted by Crippen LogP contribution is 2.35. The number of hydrogen-bond donors (Lipinski definition) is 1. The van der Waals surface area contributed by atoms with Crippen molar-refractivity contribution in [1.29, 1.82) is 0 Å². The first-order valence-corrected chi connectivity index (χ1v) is 13.5. The first-order chi connectivity index (χ1) is 17.9. The van der Waals surface area contributed by atoms with Crippen molar-refractivity contribution < 1.29 is 27.4 Å². The number of hydrogen-bond acceptors (Lipinski definition) is 6. The molecule has 0 radical (unpaired) electrons. The van der Waals surface area contributed by atoms with Gasteiger partial charge < -0.3 is 19.5 Å². The summed E-state index contributed by atoms with van der Waals surface area (Å²) in [6, 6.07) is 23.0. The Morgan fingerprint density at radius 3 is 2.16 bits per heavy atom. The number of sulfonamides is 1. The number of anilines is 1. The van der Waals surface area contributed by atoms with Gasteiger partial charge in [0.2, 0.25) is 5.91 Å². The molecule has 0 spiro atoms. The molecular formula is C28H32N2O6S. The molecule has 8 nitrogen and oxygen atoms in total. The second kappa shape index (κ2) is 11.7. The van der Waals surface area contributed by atoms with E-state index in [1.807, 2.05) is 18.2 Å². The summed E-state index contributed by atoms with van der Waals surface area (Å²) in [6.45, 7) is 1.23. The molecule has 3 aromatic rings. The van der Waals surface area contributed by atoms with Crippen molar-refractivity contribution in [3.63, 3.8) is 0 Å². The molecule has 0 aliphatic carbocycles. The third-order valence-corrected chi connectivity index (χ3v) is 8.50. The van der Waals surface area contributed by atoms with Gasteiger partial charge in [-0.15, -0.1) is 0 Å². The lowest BCUT2D eigenvalue weighted by Gasteiger charge is -2.38. The highest BCUT2D eigenvalue weighted by atomic mass is 32.2. The maximum Gasteiger partial charge on any atom is 0.264 e. The van der Waals surface area contributed by atoms with Crippen LogP contribution in [0.5, 0.6) is 11.5 Å². The van der Waals surface area contributed by atoms with Crippen LogP contribution in [0.25, 0.3) is 0 Å². The van der Waals surface area contributed by atoms with Crippen molar-refractivity contribution in [2.45, 2.75) is 23.2 Å². The molecule has 0 unspecified atom stereocenters. The van der Waals surface area contributed by atoms with E-state index in [9.17, 15) is 13.2 Å². The fraction of sp³-hybridized carbons (Fsp3) is 0.321. The molecule has 0 bridgehead atoms. The van der Waals surface area contributed by atoms with Gasteiger partial charge in [-0.05, 0) is 42.7 Å². The molecular weight excluding hydrogens is 492 g/mol. The van der Waals surface area contributed by atoms with Crippen LogP contribution in [0.3, 0.4) is 0 Å². The Balaban J connectivity index is 1.59. The SMILES string of the molecule is COc1ccc(S(=O)(=O)N(CC(=O)NCC2(c3ccccc3)CCOCC2)c2ccccc2)cc1OC. The quantitative estimate of drug-likeness (QED) is 0.434. The van der Waals surface area contributed by atoms with Crippen LogP contribution in [0.1, 0.15) is 18.4 Å². The number of benzene rings is 3. The number of amides is 1. The zero-order chi connectivity index (χ0) is 26.3. The normalized spacial score (nSPS) is 15.0. The summed E-state index contributed by atoms with van der Waals surface area (Å²) in [4.78, 5) is 13.2. The molecule has 4 rings (SSSR count). The summed E-state index contributed by atoms with van der Waals surface area (Å²) in [7, 11) is -1.18. The summed E-state index contributed by atoms with van der Waals surface area (Å²) in [6.07, 6.45) is 1.53. The molecule has 0 atom stereocenters. The van der Waals surface area contributed by atoms with Gasteiger partial charge in [0, 0.05) is 31.2 Å². The minimum Gasteiger partial charge on any atom is -0.493 e. The Morgan fingerprint density at radius 2 is 1.54 bits per heavy atom. The third kappa shape index (κ3) is 5.89. The van der Waals surface area contributed by atoms with Crippen LogP contribution in [0, 0.1) is 0 Å². The van der Waals surface area contributed by atoms with Crippen molar-refractivity contribution in [3.8, 4) is 11.5 Å². The lowest BCUT2D eigenvalue weighted by molar-refractivity contribution is -0.120. The van der Waals surface area contributed by atoms with Gasteiger partial charge in [0.25, 0.3) is 10.0 Å². The lowest BCUT2D eigenvalue weighted by Crippen LogP contribution is -2.48. The van der Waals surface area contributed by atoms with E-state index in [1.54, 1.807) is 30.3 Å². The van der Waals surface area contributed by atoms with Gasteiger partial charge in [-0.2, -0.15) is 0 Å². The highest BCUT2D eigenvalue weighted by Gasteiger charge is 2.35. The van der Waals surface area contributed by atoms with E-state index < -0.39 is 15.9 Å². The van der Waals surface area contributed by atoms with Gasteiger partial charge >= 0.3 is 0 Å². The Hall–Kier alpha value is -3.56. The number of nitrogens with zero attached hydrogens (tertiary/aromatic N) is 1. The fourth-order valence-electron chi connectivity index (χ4n) is 4.59. The number of ether oxygens (including phenoxy) is 3. The van der Waals surface area contributed by atoms with Crippen LogP contribution in [0.4, 0.5) is 5.69 Å². The van der Waals surface area contributed by atoms with E-state index in [2.05, 4.69) is 17.4 Å². The zero-order valence-electron chi connectivity index (χ0n) is 21.1. The number of para-hydroxylation sites is 1. The van der Waals surface area contributed by atoms with Gasteiger partial charge in [-0.1, -0.05) is 48.5 Å². The van der Waals surface area contributed by atoms with Crippen molar-refractivity contribution in [2.24, 2.45) is 0 Å². The zero-order valence-corrected chi connectivity index (χ0v) is 21.9. The largest absolute Gasteiger partial charge is 0.493 e. The molecule has 1 aliphatic heterocycles. The molecule has 1 aliphatic rings. The Kier molecular flexibility index (Phi) is 8.35. The first-order valence-electron chi connectivity index (χ1n) is 12.1. The second-order valence-corrected chi connectivity index (χ2v) is 10.8. The summed E-state index contributed by atoms with van der Waals surface area (Å²) in [5.74, 6) is 0.299. The van der Waals surface area contributed by atoms with Crippen LogP contribution in [0.2, 0.25) is 0 Å². The van der Waals surface area contributed by atoms with Crippen LogP contribution < -0.4 is 19.1 Å². The monoisotopic (exact) mass is 524 g/mol. The van der Waals surface area contributed by atoms with Crippen molar-refractivity contribution >= 4 is 21.6 Å². The predicted molar refractivity (Wildman–Crippen MR) is 142 cm³/mol. The molecule has 1 fully saturated rings.